The molecule has 13 heteroatoms. The maximum atomic E-state index is 13.4. The Kier molecular flexibility index (Phi) is 10.7. The number of carbonyl (C=O) groups is 3. The van der Waals surface area contributed by atoms with Crippen molar-refractivity contribution in [1.82, 2.24) is 15.2 Å². The summed E-state index contributed by atoms with van der Waals surface area (Å²) in [7, 11) is -3.83. The van der Waals surface area contributed by atoms with Gasteiger partial charge in [-0.1, -0.05) is 30.3 Å². The second-order valence-electron chi connectivity index (χ2n) is 13.8. The van der Waals surface area contributed by atoms with Crippen LogP contribution >= 0.6 is 0 Å². The molecule has 0 saturated carbocycles. The minimum atomic E-state index is -3.83. The van der Waals surface area contributed by atoms with E-state index in [9.17, 15) is 22.8 Å². The van der Waals surface area contributed by atoms with E-state index >= 15 is 0 Å². The number of pyridine rings is 1. The van der Waals surface area contributed by atoms with Gasteiger partial charge in [0.25, 0.3) is 10.1 Å². The van der Waals surface area contributed by atoms with Crippen LogP contribution in [0.2, 0.25) is 0 Å². The van der Waals surface area contributed by atoms with Crippen molar-refractivity contribution in [3.63, 3.8) is 0 Å². The van der Waals surface area contributed by atoms with Crippen LogP contribution in [-0.2, 0) is 30.4 Å². The van der Waals surface area contributed by atoms with E-state index in [-0.39, 0.29) is 42.9 Å². The van der Waals surface area contributed by atoms with Crippen LogP contribution in [0.1, 0.15) is 81.6 Å². The number of hydrogen-bond acceptors (Lipinski definition) is 10. The molecule has 256 valence electrons. The Bertz CT molecular complexity index is 1490. The smallest absolute Gasteiger partial charge is 0.410 e. The normalized spacial score (nSPS) is 22.4. The van der Waals surface area contributed by atoms with Gasteiger partial charge < -0.3 is 24.6 Å². The number of nitrogens with one attached hydrogen (secondary N) is 1. The lowest BCUT2D eigenvalue weighted by Crippen LogP contribution is -2.51. The van der Waals surface area contributed by atoms with Gasteiger partial charge in [0.2, 0.25) is 0 Å². The van der Waals surface area contributed by atoms with Gasteiger partial charge in [-0.15, -0.1) is 0 Å². The summed E-state index contributed by atoms with van der Waals surface area (Å²) in [6.07, 6.45) is 5.24. The Balaban J connectivity index is 1.15. The second-order valence-corrected chi connectivity index (χ2v) is 15.4. The molecule has 5 rings (SSSR count). The molecule has 2 bridgehead atoms. The fourth-order valence-corrected chi connectivity index (χ4v) is 7.59. The summed E-state index contributed by atoms with van der Waals surface area (Å²) in [5.74, 6) is 0.288. The third-order valence-corrected chi connectivity index (χ3v) is 9.60. The third kappa shape index (κ3) is 9.66. The molecule has 3 aliphatic rings. The van der Waals surface area contributed by atoms with Gasteiger partial charge in [-0.05, 0) is 82.9 Å². The van der Waals surface area contributed by atoms with Crippen molar-refractivity contribution in [2.75, 3.05) is 24.2 Å². The van der Waals surface area contributed by atoms with Crippen LogP contribution in [0.5, 0.6) is 0 Å². The molecule has 2 aromatic rings. The van der Waals surface area contributed by atoms with Gasteiger partial charge >= 0.3 is 12.2 Å². The highest BCUT2D eigenvalue weighted by Gasteiger charge is 2.42. The van der Waals surface area contributed by atoms with Crippen LogP contribution in [0, 0.1) is 5.92 Å². The van der Waals surface area contributed by atoms with E-state index in [1.807, 2.05) is 57.2 Å². The predicted molar refractivity (Wildman–Crippen MR) is 176 cm³/mol. The average Bonchev–Trinajstić information content (AvgIpc) is 3.28. The van der Waals surface area contributed by atoms with Gasteiger partial charge in [0, 0.05) is 49.4 Å². The minimum absolute atomic E-state index is 0.0260. The number of fused-ring (bicyclic) bond motifs is 2. The summed E-state index contributed by atoms with van der Waals surface area (Å²) < 4.78 is 40.6. The van der Waals surface area contributed by atoms with Gasteiger partial charge in [-0.2, -0.15) is 8.42 Å². The fourth-order valence-electron chi connectivity index (χ4n) is 6.92. The van der Waals surface area contributed by atoms with Crippen molar-refractivity contribution in [3.8, 4) is 0 Å². The van der Waals surface area contributed by atoms with E-state index in [0.717, 1.165) is 43.3 Å². The molecule has 3 saturated heterocycles. The lowest BCUT2D eigenvalue weighted by Gasteiger charge is -2.40. The number of ketones is 1. The fraction of sp³-hybridized carbons (Fsp3) is 0.588. The predicted octanol–water partition coefficient (Wildman–Crippen LogP) is 5.07. The van der Waals surface area contributed by atoms with Crippen LogP contribution in [-0.4, -0.2) is 85.4 Å². The minimum Gasteiger partial charge on any atom is -0.445 e. The van der Waals surface area contributed by atoms with E-state index in [1.165, 1.54) is 0 Å². The quantitative estimate of drug-likeness (QED) is 0.269. The number of benzene rings is 1. The van der Waals surface area contributed by atoms with Crippen molar-refractivity contribution in [1.29, 1.82) is 0 Å². The number of rotatable bonds is 10. The standard InChI is InChI=1S/C34H46N4O8S/c1-34(2,3)45-32(40)36-26-18-27-11-12-28(19-26)38(27)31-13-10-25(21-35-31)29(39)20-30(46-47(4,42)43)24-14-16-37(17-15-24)33(41)44-22-23-8-6-5-7-9-23/h5-10,13,21,24,26-28,30H,11-12,14-20,22H2,1-4H3,(H,36,40)/t26-,27+,28-,30?. The van der Waals surface area contributed by atoms with Gasteiger partial charge in [0.05, 0.1) is 12.4 Å². The molecule has 0 spiro atoms. The maximum absolute atomic E-state index is 13.4. The first-order valence-electron chi connectivity index (χ1n) is 16.3. The number of amides is 2. The summed E-state index contributed by atoms with van der Waals surface area (Å²) in [5.41, 5.74) is 0.717. The number of hydrogen-bond donors (Lipinski definition) is 1. The van der Waals surface area contributed by atoms with Gasteiger partial charge in [-0.3, -0.25) is 8.98 Å². The number of likely N-dealkylation sites (tertiary alicyclic amines) is 1. The summed E-state index contributed by atoms with van der Waals surface area (Å²) in [4.78, 5) is 46.9. The lowest BCUT2D eigenvalue weighted by molar-refractivity contribution is 0.0492. The largest absolute Gasteiger partial charge is 0.445 e. The summed E-state index contributed by atoms with van der Waals surface area (Å²) in [6.45, 7) is 6.45. The van der Waals surface area contributed by atoms with Gasteiger partial charge in [0.15, 0.2) is 5.78 Å². The Morgan fingerprint density at radius 3 is 2.21 bits per heavy atom. The first kappa shape index (κ1) is 34.6. The van der Waals surface area contributed by atoms with Crippen LogP contribution in [0.3, 0.4) is 0 Å². The third-order valence-electron chi connectivity index (χ3n) is 9.00. The molecule has 1 aromatic heterocycles. The van der Waals surface area contributed by atoms with Crippen molar-refractivity contribution in [2.24, 2.45) is 5.92 Å². The number of ether oxygens (including phenoxy) is 2. The molecule has 2 amide bonds. The number of anilines is 1. The van der Waals surface area contributed by atoms with Gasteiger partial charge in [0.1, 0.15) is 18.0 Å². The van der Waals surface area contributed by atoms with E-state index < -0.39 is 34.0 Å². The van der Waals surface area contributed by atoms with Crippen molar-refractivity contribution in [3.05, 3.63) is 59.8 Å². The van der Waals surface area contributed by atoms with E-state index in [0.29, 0.717) is 31.5 Å². The topological polar surface area (TPSA) is 144 Å². The Labute approximate surface area is 277 Å². The highest BCUT2D eigenvalue weighted by atomic mass is 32.2. The number of aromatic nitrogens is 1. The Hall–Kier alpha value is -3.71. The van der Waals surface area contributed by atoms with Crippen LogP contribution < -0.4 is 10.2 Å². The lowest BCUT2D eigenvalue weighted by atomic mass is 9.88. The Morgan fingerprint density at radius 1 is 0.979 bits per heavy atom. The zero-order valence-electron chi connectivity index (χ0n) is 27.6. The van der Waals surface area contributed by atoms with Crippen molar-refractivity contribution >= 4 is 33.9 Å². The summed E-state index contributed by atoms with van der Waals surface area (Å²) in [5, 5.41) is 3.02. The van der Waals surface area contributed by atoms with E-state index in [2.05, 4.69) is 15.2 Å². The average molecular weight is 671 g/mol. The zero-order valence-corrected chi connectivity index (χ0v) is 28.4. The molecule has 4 heterocycles. The van der Waals surface area contributed by atoms with Crippen molar-refractivity contribution in [2.45, 2.75) is 102 Å². The second kappa shape index (κ2) is 14.6. The summed E-state index contributed by atoms with van der Waals surface area (Å²) >= 11 is 0. The van der Waals surface area contributed by atoms with Crippen LogP contribution in [0.4, 0.5) is 15.4 Å². The molecule has 1 N–H and O–H groups in total. The van der Waals surface area contributed by atoms with Crippen LogP contribution in [0.15, 0.2) is 48.7 Å². The monoisotopic (exact) mass is 670 g/mol. The molecule has 3 aliphatic heterocycles. The Morgan fingerprint density at radius 2 is 1.64 bits per heavy atom. The van der Waals surface area contributed by atoms with E-state index in [4.69, 9.17) is 13.7 Å². The number of carbonyl (C=O) groups excluding carboxylic acids is 3. The summed E-state index contributed by atoms with van der Waals surface area (Å²) in [6, 6.07) is 13.5. The molecule has 0 aliphatic carbocycles. The maximum Gasteiger partial charge on any atom is 0.410 e. The molecule has 4 atom stereocenters. The first-order valence-corrected chi connectivity index (χ1v) is 18.2. The molecular weight excluding hydrogens is 624 g/mol. The number of piperidine rings is 2. The molecule has 12 nitrogen and oxygen atoms in total. The molecule has 0 radical (unpaired) electrons. The highest BCUT2D eigenvalue weighted by molar-refractivity contribution is 7.86. The molecule has 1 aromatic carbocycles. The van der Waals surface area contributed by atoms with E-state index in [1.54, 1.807) is 17.2 Å². The molecule has 3 fully saturated rings. The van der Waals surface area contributed by atoms with Crippen LogP contribution in [0.25, 0.3) is 0 Å². The molecule has 1 unspecified atom stereocenters. The van der Waals surface area contributed by atoms with Gasteiger partial charge in [-0.25, -0.2) is 14.6 Å². The molecular formula is C34H46N4O8S. The zero-order chi connectivity index (χ0) is 33.8. The number of alkyl carbamates (subject to hydrolysis) is 1. The molecule has 47 heavy (non-hydrogen) atoms. The van der Waals surface area contributed by atoms with Crippen molar-refractivity contribution < 1.29 is 36.5 Å². The first-order chi connectivity index (χ1) is 22.2. The number of Topliss-reactive ketones (excluding diaryl/α,β-unsaturated/α-hetero) is 1. The SMILES string of the molecule is CC(C)(C)OC(=O)N[C@H]1C[C@H]2CC[C@@H](C1)N2c1ccc(C(=O)CC(OS(C)(=O)=O)C2CCN(C(=O)OCc3ccccc3)CC2)cn1. The highest BCUT2D eigenvalue weighted by Crippen LogP contribution is 2.39. The number of nitrogens with zero attached hydrogens (tertiary/aromatic N) is 3.